The third-order valence-electron chi connectivity index (χ3n) is 4.69. The highest BCUT2D eigenvalue weighted by Crippen LogP contribution is 2.14. The summed E-state index contributed by atoms with van der Waals surface area (Å²) < 4.78 is 6.63. The molecule has 0 spiro atoms. The molecular weight excluding hydrogens is 396 g/mol. The van der Waals surface area contributed by atoms with E-state index in [0.717, 1.165) is 15.8 Å². The Hall–Kier alpha value is -4.20. The molecule has 0 saturated heterocycles. The molecule has 0 bridgehead atoms. The normalized spacial score (nSPS) is 10.7. The summed E-state index contributed by atoms with van der Waals surface area (Å²) >= 11 is 0. The Morgan fingerprint density at radius 3 is 2.71 bits per heavy atom. The number of aromatic amines is 1. The van der Waals surface area contributed by atoms with Gasteiger partial charge < -0.3 is 15.0 Å². The van der Waals surface area contributed by atoms with Crippen LogP contribution in [0.2, 0.25) is 0 Å². The molecule has 0 fully saturated rings. The van der Waals surface area contributed by atoms with Gasteiger partial charge in [-0.3, -0.25) is 19.1 Å². The van der Waals surface area contributed by atoms with Crippen molar-refractivity contribution in [3.63, 3.8) is 0 Å². The first-order valence-corrected chi connectivity index (χ1v) is 9.70. The maximum atomic E-state index is 12.5. The number of carbonyl (C=O) groups excluding carboxylic acids is 1. The first kappa shape index (κ1) is 20.1. The van der Waals surface area contributed by atoms with E-state index >= 15 is 0 Å². The molecule has 4 rings (SSSR count). The zero-order chi connectivity index (χ0) is 21.6. The number of rotatable bonds is 7. The van der Waals surface area contributed by atoms with Gasteiger partial charge in [-0.05, 0) is 42.0 Å². The molecular formula is C23H20N4O4. The van der Waals surface area contributed by atoms with Gasteiger partial charge in [0.1, 0.15) is 18.9 Å². The smallest absolute Gasteiger partial charge is 0.329 e. The Morgan fingerprint density at radius 2 is 1.87 bits per heavy atom. The lowest BCUT2D eigenvalue weighted by Crippen LogP contribution is -2.40. The maximum absolute atomic E-state index is 12.5. The number of hydrogen-bond acceptors (Lipinski definition) is 5. The lowest BCUT2D eigenvalue weighted by Gasteiger charge is -2.10. The summed E-state index contributed by atoms with van der Waals surface area (Å²) in [5, 5.41) is 3.09. The van der Waals surface area contributed by atoms with E-state index in [0.29, 0.717) is 23.3 Å². The van der Waals surface area contributed by atoms with Gasteiger partial charge in [-0.15, -0.1) is 0 Å². The van der Waals surface area contributed by atoms with Crippen LogP contribution in [0, 0.1) is 0 Å². The number of hydrogen-bond donors (Lipinski definition) is 2. The van der Waals surface area contributed by atoms with Crippen LogP contribution in [-0.2, 0) is 24.5 Å². The van der Waals surface area contributed by atoms with Crippen molar-refractivity contribution in [1.29, 1.82) is 0 Å². The number of amides is 1. The topological polar surface area (TPSA) is 106 Å². The van der Waals surface area contributed by atoms with E-state index < -0.39 is 17.2 Å². The second-order valence-electron chi connectivity index (χ2n) is 6.90. The summed E-state index contributed by atoms with van der Waals surface area (Å²) in [6.07, 6.45) is 1.70. The van der Waals surface area contributed by atoms with Crippen LogP contribution < -0.4 is 21.3 Å². The largest absolute Gasteiger partial charge is 0.487 e. The van der Waals surface area contributed by atoms with Crippen LogP contribution in [0.5, 0.6) is 5.75 Å². The standard InChI is InChI=1S/C23H20N4O4/c28-21(14-27-22(29)19-9-1-2-10-20(19)26-23(27)30)25-13-16-6-5-8-18(12-16)31-15-17-7-3-4-11-24-17/h1-12H,13-15H2,(H,25,28)(H,26,30). The number of nitrogens with zero attached hydrogens (tertiary/aromatic N) is 2. The van der Waals surface area contributed by atoms with Gasteiger partial charge in [0.25, 0.3) is 5.56 Å². The molecule has 31 heavy (non-hydrogen) atoms. The van der Waals surface area contributed by atoms with Crippen molar-refractivity contribution in [1.82, 2.24) is 19.9 Å². The van der Waals surface area contributed by atoms with Crippen molar-refractivity contribution in [2.75, 3.05) is 0 Å². The van der Waals surface area contributed by atoms with Crippen molar-refractivity contribution in [2.45, 2.75) is 19.7 Å². The molecule has 2 N–H and O–H groups in total. The summed E-state index contributed by atoms with van der Waals surface area (Å²) in [4.78, 5) is 43.9. The molecule has 2 aromatic heterocycles. The highest BCUT2D eigenvalue weighted by molar-refractivity contribution is 5.78. The predicted octanol–water partition coefficient (Wildman–Crippen LogP) is 1.98. The summed E-state index contributed by atoms with van der Waals surface area (Å²) in [6.45, 7) is 0.207. The second-order valence-corrected chi connectivity index (χ2v) is 6.90. The van der Waals surface area contributed by atoms with Gasteiger partial charge in [-0.1, -0.05) is 30.3 Å². The number of H-pyrrole nitrogens is 1. The minimum Gasteiger partial charge on any atom is -0.487 e. The Morgan fingerprint density at radius 1 is 1.03 bits per heavy atom. The van der Waals surface area contributed by atoms with Crippen LogP contribution in [0.3, 0.4) is 0 Å². The van der Waals surface area contributed by atoms with Gasteiger partial charge in [0.2, 0.25) is 5.91 Å². The SMILES string of the molecule is O=C(Cn1c(=O)[nH]c2ccccc2c1=O)NCc1cccc(OCc2ccccn2)c1. The number of fused-ring (bicyclic) bond motifs is 1. The first-order valence-electron chi connectivity index (χ1n) is 9.70. The molecule has 0 atom stereocenters. The van der Waals surface area contributed by atoms with Gasteiger partial charge in [0.15, 0.2) is 0 Å². The van der Waals surface area contributed by atoms with Crippen molar-refractivity contribution in [3.05, 3.63) is 105 Å². The third kappa shape index (κ3) is 4.87. The maximum Gasteiger partial charge on any atom is 0.329 e. The fourth-order valence-electron chi connectivity index (χ4n) is 3.13. The van der Waals surface area contributed by atoms with Gasteiger partial charge >= 0.3 is 5.69 Å². The Bertz CT molecular complexity index is 1330. The summed E-state index contributed by atoms with van der Waals surface area (Å²) in [5.41, 5.74) is 0.957. The molecule has 1 amide bonds. The van der Waals surface area contributed by atoms with Gasteiger partial charge in [0.05, 0.1) is 16.6 Å². The summed E-state index contributed by atoms with van der Waals surface area (Å²) in [6, 6.07) is 19.6. The minimum absolute atomic E-state index is 0.236. The number of pyridine rings is 1. The Labute approximate surface area is 177 Å². The molecule has 0 aliphatic heterocycles. The Kier molecular flexibility index (Phi) is 5.89. The molecule has 4 aromatic rings. The van der Waals surface area contributed by atoms with E-state index in [4.69, 9.17) is 4.74 Å². The lowest BCUT2D eigenvalue weighted by atomic mass is 10.2. The average Bonchev–Trinajstić information content (AvgIpc) is 2.80. The predicted molar refractivity (Wildman–Crippen MR) is 116 cm³/mol. The number of benzene rings is 2. The van der Waals surface area contributed by atoms with E-state index in [1.807, 2.05) is 42.5 Å². The Balaban J connectivity index is 1.39. The van der Waals surface area contributed by atoms with Gasteiger partial charge in [-0.25, -0.2) is 4.79 Å². The number of aromatic nitrogens is 3. The zero-order valence-corrected chi connectivity index (χ0v) is 16.6. The van der Waals surface area contributed by atoms with Gasteiger partial charge in [-0.2, -0.15) is 0 Å². The number of nitrogens with one attached hydrogen (secondary N) is 2. The summed E-state index contributed by atoms with van der Waals surface area (Å²) in [7, 11) is 0. The third-order valence-corrected chi connectivity index (χ3v) is 4.69. The fourth-order valence-corrected chi connectivity index (χ4v) is 3.13. The first-order chi connectivity index (χ1) is 15.1. The van der Waals surface area contributed by atoms with E-state index in [1.165, 1.54) is 0 Å². The molecule has 0 radical (unpaired) electrons. The molecule has 8 heteroatoms. The van der Waals surface area contributed by atoms with Crippen LogP contribution in [0.25, 0.3) is 10.9 Å². The molecule has 0 unspecified atom stereocenters. The molecule has 0 aliphatic rings. The zero-order valence-electron chi connectivity index (χ0n) is 16.6. The van der Waals surface area contributed by atoms with Crippen LogP contribution in [0.1, 0.15) is 11.3 Å². The molecule has 0 aliphatic carbocycles. The lowest BCUT2D eigenvalue weighted by molar-refractivity contribution is -0.121. The molecule has 2 aromatic carbocycles. The molecule has 0 saturated carbocycles. The number of ether oxygens (including phenoxy) is 1. The van der Waals surface area contributed by atoms with E-state index in [2.05, 4.69) is 15.3 Å². The molecule has 8 nitrogen and oxygen atoms in total. The van der Waals surface area contributed by atoms with Crippen molar-refractivity contribution >= 4 is 16.8 Å². The average molecular weight is 416 g/mol. The van der Waals surface area contributed by atoms with Gasteiger partial charge in [0, 0.05) is 12.7 Å². The minimum atomic E-state index is -0.622. The summed E-state index contributed by atoms with van der Waals surface area (Å²) in [5.74, 6) is 0.210. The molecule has 2 heterocycles. The van der Waals surface area contributed by atoms with Crippen molar-refractivity contribution in [2.24, 2.45) is 0 Å². The fraction of sp³-hybridized carbons (Fsp3) is 0.130. The monoisotopic (exact) mass is 416 g/mol. The van der Waals surface area contributed by atoms with Crippen LogP contribution >= 0.6 is 0 Å². The van der Waals surface area contributed by atoms with Crippen LogP contribution in [0.15, 0.2) is 82.5 Å². The second kappa shape index (κ2) is 9.08. The highest BCUT2D eigenvalue weighted by Gasteiger charge is 2.11. The van der Waals surface area contributed by atoms with Crippen LogP contribution in [0.4, 0.5) is 0 Å². The number of carbonyl (C=O) groups is 1. The number of para-hydroxylation sites is 1. The van der Waals surface area contributed by atoms with E-state index in [1.54, 1.807) is 30.5 Å². The quantitative estimate of drug-likeness (QED) is 0.479. The highest BCUT2D eigenvalue weighted by atomic mass is 16.5. The van der Waals surface area contributed by atoms with Crippen molar-refractivity contribution < 1.29 is 9.53 Å². The molecule has 156 valence electrons. The van der Waals surface area contributed by atoms with E-state index in [9.17, 15) is 14.4 Å². The van der Waals surface area contributed by atoms with Crippen molar-refractivity contribution in [3.8, 4) is 5.75 Å². The van der Waals surface area contributed by atoms with Crippen LogP contribution in [-0.4, -0.2) is 20.4 Å². The van der Waals surface area contributed by atoms with E-state index in [-0.39, 0.29) is 13.1 Å².